The third-order valence-electron chi connectivity index (χ3n) is 5.11. The predicted molar refractivity (Wildman–Crippen MR) is 88.0 cm³/mol. The lowest BCUT2D eigenvalue weighted by molar-refractivity contribution is -0.143. The summed E-state index contributed by atoms with van der Waals surface area (Å²) in [7, 11) is -1.53. The maximum atomic E-state index is 12.4. The van der Waals surface area contributed by atoms with Gasteiger partial charge in [0.25, 0.3) is 0 Å². The number of carbonyl (C=O) groups is 2. The summed E-state index contributed by atoms with van der Waals surface area (Å²) in [5, 5.41) is 19.8. The second-order valence-electron chi connectivity index (χ2n) is 6.89. The van der Waals surface area contributed by atoms with Gasteiger partial charge < -0.3 is 10.0 Å². The molecule has 2 aliphatic rings. The Morgan fingerprint density at radius 1 is 1.22 bits per heavy atom. The number of likely N-dealkylation sites (tertiary alicyclic amines) is 1. The van der Waals surface area contributed by atoms with Crippen LogP contribution in [0.4, 0.5) is 0 Å². The molecule has 2 amide bonds. The molecule has 4 rings (SSSR count). The lowest BCUT2D eigenvalue weighted by Crippen LogP contribution is -2.35. The molecule has 2 fully saturated rings. The molecule has 1 aliphatic heterocycles. The van der Waals surface area contributed by atoms with E-state index in [9.17, 15) is 19.6 Å². The molecule has 7 heteroatoms. The molecular weight excluding hydrogens is 313 g/mol. The van der Waals surface area contributed by atoms with E-state index in [4.69, 9.17) is 0 Å². The van der Waals surface area contributed by atoms with Crippen LogP contribution in [0.2, 0.25) is 0 Å². The standard InChI is InChI=1S/C16H16BNO4S/c1-16(2)11-12(16)15(20)18(14(11)19)7-9-6-8-4-3-5-10(17(21)22)13(8)23-9/h3-6,11-12,21-22H,7H2,1-2H3. The maximum absolute atomic E-state index is 12.4. The van der Waals surface area contributed by atoms with Crippen molar-refractivity contribution in [1.29, 1.82) is 0 Å². The van der Waals surface area contributed by atoms with Gasteiger partial charge in [-0.1, -0.05) is 32.0 Å². The van der Waals surface area contributed by atoms with Crippen LogP contribution < -0.4 is 5.46 Å². The Morgan fingerprint density at radius 3 is 2.48 bits per heavy atom. The van der Waals surface area contributed by atoms with E-state index in [1.807, 2.05) is 26.0 Å². The second kappa shape index (κ2) is 4.66. The number of rotatable bonds is 3. The SMILES string of the molecule is CC1(C)C2C(=O)N(Cc3cc4cccc(B(O)O)c4s3)C(=O)C21. The fraction of sp³-hybridized carbons (Fsp3) is 0.375. The van der Waals surface area contributed by atoms with E-state index in [0.717, 1.165) is 15.0 Å². The average molecular weight is 329 g/mol. The van der Waals surface area contributed by atoms with Crippen molar-refractivity contribution < 1.29 is 19.6 Å². The molecule has 0 spiro atoms. The zero-order valence-corrected chi connectivity index (χ0v) is 13.6. The van der Waals surface area contributed by atoms with Crippen LogP contribution >= 0.6 is 11.3 Å². The highest BCUT2D eigenvalue weighted by Gasteiger charge is 2.72. The zero-order valence-electron chi connectivity index (χ0n) is 12.8. The number of nitrogens with zero attached hydrogens (tertiary/aromatic N) is 1. The molecule has 2 unspecified atom stereocenters. The third kappa shape index (κ3) is 2.00. The summed E-state index contributed by atoms with van der Waals surface area (Å²) in [6.07, 6.45) is 0. The highest BCUT2D eigenvalue weighted by Crippen LogP contribution is 2.63. The number of piperidine rings is 1. The smallest absolute Gasteiger partial charge is 0.423 e. The molecule has 23 heavy (non-hydrogen) atoms. The van der Waals surface area contributed by atoms with Crippen LogP contribution in [-0.4, -0.2) is 33.9 Å². The summed E-state index contributed by atoms with van der Waals surface area (Å²) in [5.74, 6) is -0.492. The van der Waals surface area contributed by atoms with Crippen molar-refractivity contribution in [2.24, 2.45) is 17.3 Å². The molecule has 1 saturated carbocycles. The molecule has 2 heterocycles. The lowest BCUT2D eigenvalue weighted by Gasteiger charge is -2.19. The van der Waals surface area contributed by atoms with Crippen LogP contribution in [0.5, 0.6) is 0 Å². The minimum Gasteiger partial charge on any atom is -0.423 e. The summed E-state index contributed by atoms with van der Waals surface area (Å²) < 4.78 is 0.780. The van der Waals surface area contributed by atoms with Gasteiger partial charge in [-0.3, -0.25) is 14.5 Å². The van der Waals surface area contributed by atoms with Crippen LogP contribution in [0.3, 0.4) is 0 Å². The number of carbonyl (C=O) groups excluding carboxylic acids is 2. The van der Waals surface area contributed by atoms with Crippen molar-refractivity contribution in [3.05, 3.63) is 29.1 Å². The predicted octanol–water partition coefficient (Wildman–Crippen LogP) is 0.722. The molecular formula is C16H16BNO4S. The molecule has 5 nitrogen and oxygen atoms in total. The number of thiophene rings is 1. The fourth-order valence-electron chi connectivity index (χ4n) is 3.74. The van der Waals surface area contributed by atoms with E-state index in [0.29, 0.717) is 5.46 Å². The van der Waals surface area contributed by atoms with E-state index in [1.54, 1.807) is 12.1 Å². The van der Waals surface area contributed by atoms with Gasteiger partial charge in [0.2, 0.25) is 11.8 Å². The van der Waals surface area contributed by atoms with Crippen LogP contribution in [0.1, 0.15) is 18.7 Å². The van der Waals surface area contributed by atoms with Crippen molar-refractivity contribution in [2.75, 3.05) is 0 Å². The molecule has 0 radical (unpaired) electrons. The first-order chi connectivity index (χ1) is 10.8. The Labute approximate surface area is 137 Å². The van der Waals surface area contributed by atoms with Gasteiger partial charge in [-0.15, -0.1) is 11.3 Å². The summed E-state index contributed by atoms with van der Waals surface area (Å²) in [5.41, 5.74) is 0.251. The number of imide groups is 1. The van der Waals surface area contributed by atoms with Gasteiger partial charge in [0, 0.05) is 9.58 Å². The van der Waals surface area contributed by atoms with Gasteiger partial charge in [0.15, 0.2) is 0 Å². The van der Waals surface area contributed by atoms with E-state index < -0.39 is 7.12 Å². The number of hydrogen-bond donors (Lipinski definition) is 2. The van der Waals surface area contributed by atoms with Crippen LogP contribution in [0.25, 0.3) is 10.1 Å². The Bertz CT molecular complexity index is 820. The van der Waals surface area contributed by atoms with E-state index >= 15 is 0 Å². The summed E-state index contributed by atoms with van der Waals surface area (Å²) in [4.78, 5) is 27.0. The molecule has 1 aromatic carbocycles. The molecule has 2 N–H and O–H groups in total. The first kappa shape index (κ1) is 14.9. The van der Waals surface area contributed by atoms with Gasteiger partial charge in [-0.25, -0.2) is 0 Å². The second-order valence-corrected chi connectivity index (χ2v) is 8.03. The quantitative estimate of drug-likeness (QED) is 0.643. The lowest BCUT2D eigenvalue weighted by atomic mass is 9.80. The van der Waals surface area contributed by atoms with Crippen LogP contribution in [-0.2, 0) is 16.1 Å². The number of benzene rings is 1. The first-order valence-corrected chi connectivity index (χ1v) is 8.36. The topological polar surface area (TPSA) is 77.8 Å². The normalized spacial score (nSPS) is 25.1. The van der Waals surface area contributed by atoms with Crippen LogP contribution in [0.15, 0.2) is 24.3 Å². The van der Waals surface area contributed by atoms with E-state index in [1.165, 1.54) is 16.2 Å². The summed E-state index contributed by atoms with van der Waals surface area (Å²) >= 11 is 1.39. The Kier molecular flexibility index (Phi) is 3.01. The Hall–Kier alpha value is -1.70. The van der Waals surface area contributed by atoms with Gasteiger partial charge in [0.1, 0.15) is 0 Å². The minimum atomic E-state index is -1.53. The third-order valence-corrected chi connectivity index (χ3v) is 6.29. The molecule has 2 aromatic rings. The van der Waals surface area contributed by atoms with Crippen molar-refractivity contribution in [1.82, 2.24) is 4.90 Å². The number of hydrogen-bond acceptors (Lipinski definition) is 5. The largest absolute Gasteiger partial charge is 0.489 e. The Morgan fingerprint density at radius 2 is 1.87 bits per heavy atom. The minimum absolute atomic E-state index is 0.0788. The number of fused-ring (bicyclic) bond motifs is 2. The zero-order chi connectivity index (χ0) is 16.5. The van der Waals surface area contributed by atoms with Crippen molar-refractivity contribution in [3.8, 4) is 0 Å². The monoisotopic (exact) mass is 329 g/mol. The average Bonchev–Trinajstić information content (AvgIpc) is 2.78. The number of amides is 2. The van der Waals surface area contributed by atoms with Crippen molar-refractivity contribution in [3.63, 3.8) is 0 Å². The molecule has 1 aliphatic carbocycles. The van der Waals surface area contributed by atoms with Gasteiger partial charge in [-0.2, -0.15) is 0 Å². The van der Waals surface area contributed by atoms with Gasteiger partial charge in [0.05, 0.1) is 18.4 Å². The molecule has 1 aromatic heterocycles. The van der Waals surface area contributed by atoms with Crippen LogP contribution in [0, 0.1) is 17.3 Å². The summed E-state index contributed by atoms with van der Waals surface area (Å²) in [6, 6.07) is 7.21. The van der Waals surface area contributed by atoms with E-state index in [-0.39, 0.29) is 35.6 Å². The van der Waals surface area contributed by atoms with Gasteiger partial charge in [-0.05, 0) is 22.3 Å². The Balaban J connectivity index is 1.64. The molecule has 0 bridgehead atoms. The molecule has 2 atom stereocenters. The first-order valence-electron chi connectivity index (χ1n) is 7.55. The fourth-order valence-corrected chi connectivity index (χ4v) is 4.91. The highest BCUT2D eigenvalue weighted by molar-refractivity contribution is 7.20. The highest BCUT2D eigenvalue weighted by atomic mass is 32.1. The maximum Gasteiger partial charge on any atom is 0.489 e. The van der Waals surface area contributed by atoms with E-state index in [2.05, 4.69) is 0 Å². The van der Waals surface area contributed by atoms with Crippen molar-refractivity contribution >= 4 is 45.8 Å². The summed E-state index contributed by atoms with van der Waals surface area (Å²) in [6.45, 7) is 4.19. The van der Waals surface area contributed by atoms with Gasteiger partial charge >= 0.3 is 7.12 Å². The van der Waals surface area contributed by atoms with Crippen molar-refractivity contribution in [2.45, 2.75) is 20.4 Å². The molecule has 1 saturated heterocycles. The molecule has 118 valence electrons.